The Morgan fingerprint density at radius 3 is 2.59 bits per heavy atom. The lowest BCUT2D eigenvalue weighted by molar-refractivity contribution is -0.113. The minimum atomic E-state index is -0.0987. The van der Waals surface area contributed by atoms with Crippen LogP contribution in [0.4, 0.5) is 5.69 Å². The van der Waals surface area contributed by atoms with E-state index in [1.165, 1.54) is 17.3 Å². The van der Waals surface area contributed by atoms with Gasteiger partial charge in [0.1, 0.15) is 12.4 Å². The second-order valence-electron chi connectivity index (χ2n) is 7.31. The number of aromatic nitrogens is 3. The van der Waals surface area contributed by atoms with Crippen molar-refractivity contribution in [3.05, 3.63) is 77.6 Å². The van der Waals surface area contributed by atoms with Crippen LogP contribution in [0.3, 0.4) is 0 Å². The lowest BCUT2D eigenvalue weighted by Crippen LogP contribution is -2.15. The topological polar surface area (TPSA) is 69.0 Å². The van der Waals surface area contributed by atoms with Crippen molar-refractivity contribution >= 4 is 35.0 Å². The van der Waals surface area contributed by atoms with Gasteiger partial charge in [0.2, 0.25) is 5.91 Å². The molecule has 0 unspecified atom stereocenters. The molecule has 1 heterocycles. The van der Waals surface area contributed by atoms with Crippen LogP contribution in [-0.2, 0) is 17.9 Å². The highest BCUT2D eigenvalue weighted by atomic mass is 35.5. The molecule has 0 saturated carbocycles. The Bertz CT molecular complexity index is 1040. The lowest BCUT2D eigenvalue weighted by Gasteiger charge is -2.11. The van der Waals surface area contributed by atoms with E-state index in [1.807, 2.05) is 16.7 Å². The van der Waals surface area contributed by atoms with E-state index in [0.29, 0.717) is 34.2 Å². The number of thioether (sulfide) groups is 1. The molecule has 3 aromatic rings. The molecule has 2 aromatic carbocycles. The van der Waals surface area contributed by atoms with Crippen molar-refractivity contribution in [1.29, 1.82) is 0 Å². The lowest BCUT2D eigenvalue weighted by atomic mass is 9.99. The summed E-state index contributed by atoms with van der Waals surface area (Å²) in [4.78, 5) is 12.4. The molecule has 0 spiro atoms. The summed E-state index contributed by atoms with van der Waals surface area (Å²) in [7, 11) is 0. The third-order valence-corrected chi connectivity index (χ3v) is 6.21. The Hall–Kier alpha value is -2.77. The molecule has 0 fully saturated rings. The minimum Gasteiger partial charge on any atom is -0.486 e. The molecule has 0 bridgehead atoms. The van der Waals surface area contributed by atoms with Gasteiger partial charge >= 0.3 is 0 Å². The number of carbonyl (C=O) groups is 1. The van der Waals surface area contributed by atoms with Crippen LogP contribution in [0.15, 0.2) is 66.3 Å². The second kappa shape index (κ2) is 11.7. The molecule has 0 aliphatic rings. The first-order valence-corrected chi connectivity index (χ1v) is 11.8. The van der Waals surface area contributed by atoms with Gasteiger partial charge in [-0.2, -0.15) is 0 Å². The van der Waals surface area contributed by atoms with E-state index in [4.69, 9.17) is 16.3 Å². The van der Waals surface area contributed by atoms with Crippen LogP contribution in [0, 0.1) is 0 Å². The zero-order chi connectivity index (χ0) is 22.9. The molecular weight excluding hydrogens is 444 g/mol. The van der Waals surface area contributed by atoms with Gasteiger partial charge in [0.25, 0.3) is 0 Å². The molecule has 1 aromatic heterocycles. The van der Waals surface area contributed by atoms with Crippen LogP contribution in [0.5, 0.6) is 5.75 Å². The number of allylic oxidation sites excluding steroid dienone is 1. The Morgan fingerprint density at radius 1 is 1.22 bits per heavy atom. The minimum absolute atomic E-state index is 0.0987. The summed E-state index contributed by atoms with van der Waals surface area (Å²) >= 11 is 7.23. The van der Waals surface area contributed by atoms with Crippen molar-refractivity contribution in [2.24, 2.45) is 0 Å². The van der Waals surface area contributed by atoms with E-state index in [9.17, 15) is 4.79 Å². The maximum atomic E-state index is 12.4. The zero-order valence-electron chi connectivity index (χ0n) is 18.3. The largest absolute Gasteiger partial charge is 0.486 e. The first kappa shape index (κ1) is 23.9. The van der Waals surface area contributed by atoms with Crippen LogP contribution in [0.2, 0.25) is 5.02 Å². The van der Waals surface area contributed by atoms with Crippen LogP contribution in [0.25, 0.3) is 0 Å². The van der Waals surface area contributed by atoms with Crippen molar-refractivity contribution in [2.45, 2.75) is 44.5 Å². The van der Waals surface area contributed by atoms with Gasteiger partial charge in [0.15, 0.2) is 11.0 Å². The number of nitrogens with zero attached hydrogens (tertiary/aromatic N) is 3. The third kappa shape index (κ3) is 6.61. The van der Waals surface area contributed by atoms with Crippen molar-refractivity contribution < 1.29 is 9.53 Å². The van der Waals surface area contributed by atoms with Gasteiger partial charge in [-0.25, -0.2) is 0 Å². The van der Waals surface area contributed by atoms with Gasteiger partial charge in [0.05, 0.1) is 5.75 Å². The molecule has 0 aliphatic carbocycles. The molecule has 3 rings (SSSR count). The van der Waals surface area contributed by atoms with Gasteiger partial charge in [-0.05, 0) is 54.3 Å². The second-order valence-corrected chi connectivity index (χ2v) is 8.69. The van der Waals surface area contributed by atoms with E-state index in [1.54, 1.807) is 30.3 Å². The highest BCUT2D eigenvalue weighted by Gasteiger charge is 2.14. The SMILES string of the molecule is C=CCn1c(COc2ccc(Cl)cc2)nnc1SCC(=O)Nc1ccc([C@H](C)CC)cc1. The maximum absolute atomic E-state index is 12.4. The third-order valence-electron chi connectivity index (χ3n) is 4.99. The number of benzene rings is 2. The Labute approximate surface area is 198 Å². The summed E-state index contributed by atoms with van der Waals surface area (Å²) in [5, 5.41) is 12.7. The standard InChI is InChI=1S/C24H27ClN4O2S/c1-4-14-29-22(15-31-21-12-8-19(25)9-13-21)27-28-24(29)32-16-23(30)26-20-10-6-18(7-11-20)17(3)5-2/h4,6-13,17H,1,5,14-16H2,2-3H3,(H,26,30)/t17-/m1/s1. The maximum Gasteiger partial charge on any atom is 0.234 e. The molecule has 168 valence electrons. The number of ether oxygens (including phenoxy) is 1. The molecule has 1 atom stereocenters. The average Bonchev–Trinajstić information content (AvgIpc) is 3.19. The molecule has 0 saturated heterocycles. The van der Waals surface area contributed by atoms with E-state index in [0.717, 1.165) is 12.1 Å². The van der Waals surface area contributed by atoms with Crippen LogP contribution >= 0.6 is 23.4 Å². The highest BCUT2D eigenvalue weighted by molar-refractivity contribution is 7.99. The van der Waals surface area contributed by atoms with Crippen molar-refractivity contribution in [3.63, 3.8) is 0 Å². The van der Waals surface area contributed by atoms with E-state index >= 15 is 0 Å². The van der Waals surface area contributed by atoms with Gasteiger partial charge in [0, 0.05) is 17.3 Å². The van der Waals surface area contributed by atoms with Crippen molar-refractivity contribution in [2.75, 3.05) is 11.1 Å². The van der Waals surface area contributed by atoms with Crippen molar-refractivity contribution in [3.8, 4) is 5.75 Å². The van der Waals surface area contributed by atoms with Gasteiger partial charge in [-0.3, -0.25) is 9.36 Å². The Morgan fingerprint density at radius 2 is 1.94 bits per heavy atom. The number of carbonyl (C=O) groups excluding carboxylic acids is 1. The highest BCUT2D eigenvalue weighted by Crippen LogP contribution is 2.22. The number of rotatable bonds is 11. The molecule has 32 heavy (non-hydrogen) atoms. The van der Waals surface area contributed by atoms with Gasteiger partial charge in [-0.15, -0.1) is 16.8 Å². The van der Waals surface area contributed by atoms with Crippen molar-refractivity contribution in [1.82, 2.24) is 14.8 Å². The smallest absolute Gasteiger partial charge is 0.234 e. The summed E-state index contributed by atoms with van der Waals surface area (Å²) in [6, 6.07) is 15.1. The molecule has 1 N–H and O–H groups in total. The summed E-state index contributed by atoms with van der Waals surface area (Å²) in [5.41, 5.74) is 2.05. The zero-order valence-corrected chi connectivity index (χ0v) is 19.8. The predicted octanol–water partition coefficient (Wildman–Crippen LogP) is 5.94. The number of nitrogens with one attached hydrogen (secondary N) is 1. The van der Waals surface area contributed by atoms with Crippen LogP contribution in [-0.4, -0.2) is 26.4 Å². The van der Waals surface area contributed by atoms with E-state index in [-0.39, 0.29) is 18.3 Å². The Kier molecular flexibility index (Phi) is 8.76. The molecule has 1 amide bonds. The van der Waals surface area contributed by atoms with Gasteiger partial charge < -0.3 is 10.1 Å². The predicted molar refractivity (Wildman–Crippen MR) is 131 cm³/mol. The summed E-state index contributed by atoms with van der Waals surface area (Å²) in [6.45, 7) is 8.93. The van der Waals surface area contributed by atoms with Crippen LogP contribution < -0.4 is 10.1 Å². The molecule has 8 heteroatoms. The average molecular weight is 471 g/mol. The fourth-order valence-electron chi connectivity index (χ4n) is 2.98. The molecular formula is C24H27ClN4O2S. The number of hydrogen-bond donors (Lipinski definition) is 1. The fourth-order valence-corrected chi connectivity index (χ4v) is 3.87. The van der Waals surface area contributed by atoms with E-state index in [2.05, 4.69) is 48.1 Å². The summed E-state index contributed by atoms with van der Waals surface area (Å²) < 4.78 is 7.67. The summed E-state index contributed by atoms with van der Waals surface area (Å²) in [6.07, 6.45) is 2.85. The quantitative estimate of drug-likeness (QED) is 0.277. The number of anilines is 1. The molecule has 0 radical (unpaired) electrons. The number of amides is 1. The monoisotopic (exact) mass is 470 g/mol. The first-order valence-electron chi connectivity index (χ1n) is 10.4. The van der Waals surface area contributed by atoms with E-state index < -0.39 is 0 Å². The molecule has 6 nitrogen and oxygen atoms in total. The Balaban J connectivity index is 1.57. The van der Waals surface area contributed by atoms with Gasteiger partial charge in [-0.1, -0.05) is 55.4 Å². The first-order chi connectivity index (χ1) is 15.5. The molecule has 0 aliphatic heterocycles. The summed E-state index contributed by atoms with van der Waals surface area (Å²) in [5.74, 6) is 1.97. The number of hydrogen-bond acceptors (Lipinski definition) is 5. The normalized spacial score (nSPS) is 11.7. The number of halogens is 1. The fraction of sp³-hybridized carbons (Fsp3) is 0.292. The van der Waals surface area contributed by atoms with Crippen LogP contribution in [0.1, 0.15) is 37.6 Å².